The summed E-state index contributed by atoms with van der Waals surface area (Å²) in [5.41, 5.74) is 4.34. The molecule has 0 saturated heterocycles. The van der Waals surface area contributed by atoms with E-state index in [-0.39, 0.29) is 18.4 Å². The molecule has 4 aromatic rings. The summed E-state index contributed by atoms with van der Waals surface area (Å²) in [5.74, 6) is 0.532. The molecule has 4 rings (SSSR count). The van der Waals surface area contributed by atoms with Crippen LogP contribution in [0.15, 0.2) is 55.4 Å². The van der Waals surface area contributed by atoms with Crippen molar-refractivity contribution in [2.24, 2.45) is 5.92 Å². The number of rotatable bonds is 8. The number of hydrogen-bond acceptors (Lipinski definition) is 5. The van der Waals surface area contributed by atoms with Gasteiger partial charge in [0.15, 0.2) is 0 Å². The minimum absolute atomic E-state index is 0.0285. The number of carbonyl (C=O) groups is 1. The van der Waals surface area contributed by atoms with Crippen LogP contribution in [0, 0.1) is 5.92 Å². The van der Waals surface area contributed by atoms with Crippen molar-refractivity contribution in [3.8, 4) is 11.4 Å². The monoisotopic (exact) mass is 463 g/mol. The number of amides is 1. The molecule has 170 valence electrons. The van der Waals surface area contributed by atoms with Crippen LogP contribution >= 0.6 is 11.6 Å². The van der Waals surface area contributed by atoms with Gasteiger partial charge in [0.05, 0.1) is 17.0 Å². The lowest BCUT2D eigenvalue weighted by atomic mass is 10.1. The van der Waals surface area contributed by atoms with Crippen molar-refractivity contribution in [1.29, 1.82) is 0 Å². The molecule has 0 radical (unpaired) electrons. The van der Waals surface area contributed by atoms with Crippen LogP contribution < -0.4 is 10.1 Å². The fourth-order valence-electron chi connectivity index (χ4n) is 3.52. The van der Waals surface area contributed by atoms with E-state index >= 15 is 0 Å². The normalized spacial score (nSPS) is 11.2. The van der Waals surface area contributed by atoms with Crippen LogP contribution in [0.1, 0.15) is 37.6 Å². The number of imidazole rings is 1. The average molecular weight is 464 g/mol. The quantitative estimate of drug-likeness (QED) is 0.402. The smallest absolute Gasteiger partial charge is 0.222 e. The summed E-state index contributed by atoms with van der Waals surface area (Å²) < 4.78 is 8.22. The molecule has 0 spiro atoms. The van der Waals surface area contributed by atoms with Crippen molar-refractivity contribution < 1.29 is 9.53 Å². The second kappa shape index (κ2) is 10.0. The molecule has 0 fully saturated rings. The van der Waals surface area contributed by atoms with E-state index in [1.807, 2.05) is 42.8 Å². The van der Waals surface area contributed by atoms with E-state index in [4.69, 9.17) is 21.3 Å². The highest BCUT2D eigenvalue weighted by Crippen LogP contribution is 2.31. The Hall–Kier alpha value is -3.45. The van der Waals surface area contributed by atoms with Gasteiger partial charge in [0.25, 0.3) is 0 Å². The van der Waals surface area contributed by atoms with E-state index in [0.29, 0.717) is 17.3 Å². The molecule has 0 saturated carbocycles. The van der Waals surface area contributed by atoms with Gasteiger partial charge in [0.2, 0.25) is 5.91 Å². The predicted molar refractivity (Wildman–Crippen MR) is 129 cm³/mol. The summed E-state index contributed by atoms with van der Waals surface area (Å²) in [6.07, 6.45) is 9.53. The van der Waals surface area contributed by atoms with Crippen molar-refractivity contribution in [3.05, 3.63) is 77.2 Å². The van der Waals surface area contributed by atoms with Gasteiger partial charge >= 0.3 is 0 Å². The molecule has 1 amide bonds. The number of benzene rings is 1. The maximum absolute atomic E-state index is 12.0. The molecule has 0 atom stereocenters. The first-order valence-electron chi connectivity index (χ1n) is 10.9. The zero-order valence-electron chi connectivity index (χ0n) is 18.9. The van der Waals surface area contributed by atoms with Gasteiger partial charge < -0.3 is 14.6 Å². The van der Waals surface area contributed by atoms with E-state index in [2.05, 4.69) is 28.3 Å². The van der Waals surface area contributed by atoms with E-state index in [9.17, 15) is 4.79 Å². The van der Waals surface area contributed by atoms with Crippen molar-refractivity contribution in [2.75, 3.05) is 0 Å². The molecule has 0 bridgehead atoms. The molecule has 0 aliphatic carbocycles. The number of ether oxygens (including phenoxy) is 1. The van der Waals surface area contributed by atoms with Gasteiger partial charge in [-0.25, -0.2) is 9.97 Å². The summed E-state index contributed by atoms with van der Waals surface area (Å²) in [4.78, 5) is 25.2. The Morgan fingerprint density at radius 1 is 1.24 bits per heavy atom. The van der Waals surface area contributed by atoms with Gasteiger partial charge in [-0.1, -0.05) is 44.5 Å². The number of hydrogen-bond donors (Lipinski definition) is 1. The summed E-state index contributed by atoms with van der Waals surface area (Å²) in [6, 6.07) is 7.95. The first-order chi connectivity index (χ1) is 16.0. The molecule has 33 heavy (non-hydrogen) atoms. The number of aromatic nitrogens is 4. The molecule has 0 aliphatic rings. The van der Waals surface area contributed by atoms with Crippen molar-refractivity contribution in [3.63, 3.8) is 0 Å². The third-order valence-electron chi connectivity index (χ3n) is 5.42. The van der Waals surface area contributed by atoms with Crippen LogP contribution in [-0.4, -0.2) is 25.4 Å². The van der Waals surface area contributed by atoms with Crippen LogP contribution in [0.4, 0.5) is 0 Å². The second-order valence-electron chi connectivity index (χ2n) is 8.03. The third kappa shape index (κ3) is 4.98. The Kier molecular flexibility index (Phi) is 6.89. The fraction of sp³-hybridized carbons (Fsp3) is 0.280. The number of fused-ring (bicyclic) bond motifs is 1. The lowest BCUT2D eigenvalue weighted by Crippen LogP contribution is -2.27. The molecule has 3 aromatic heterocycles. The minimum atomic E-state index is -0.101. The van der Waals surface area contributed by atoms with Crippen molar-refractivity contribution in [2.45, 2.75) is 40.3 Å². The first-order valence-corrected chi connectivity index (χ1v) is 11.3. The number of nitrogens with one attached hydrogen (secondary N) is 1. The number of nitrogens with zero attached hydrogens (tertiary/aromatic N) is 4. The molecule has 1 aromatic carbocycles. The highest BCUT2D eigenvalue weighted by molar-refractivity contribution is 6.31. The number of halogens is 1. The zero-order valence-corrected chi connectivity index (χ0v) is 19.6. The minimum Gasteiger partial charge on any atom is -0.487 e. The van der Waals surface area contributed by atoms with Gasteiger partial charge in [-0.15, -0.1) is 0 Å². The van der Waals surface area contributed by atoms with E-state index < -0.39 is 0 Å². The Morgan fingerprint density at radius 2 is 2.09 bits per heavy atom. The lowest BCUT2D eigenvalue weighted by Gasteiger charge is -2.16. The van der Waals surface area contributed by atoms with Gasteiger partial charge in [0.1, 0.15) is 17.9 Å². The van der Waals surface area contributed by atoms with E-state index in [0.717, 1.165) is 39.8 Å². The summed E-state index contributed by atoms with van der Waals surface area (Å²) >= 11 is 6.45. The highest BCUT2D eigenvalue weighted by atomic mass is 35.5. The third-order valence-corrected chi connectivity index (χ3v) is 5.75. The van der Waals surface area contributed by atoms with Crippen LogP contribution in [0.5, 0.6) is 5.75 Å². The van der Waals surface area contributed by atoms with Gasteiger partial charge in [-0.2, -0.15) is 0 Å². The maximum Gasteiger partial charge on any atom is 0.222 e. The molecule has 7 nitrogen and oxygen atoms in total. The molecule has 0 aliphatic heterocycles. The molecular weight excluding hydrogens is 438 g/mol. The molecule has 3 heterocycles. The standard InChI is InChI=1S/C25H26ClN5O2/c1-4-18-10-22(31-9-8-27-15-31)19-6-5-7-23(24(19)30-18)33-14-20-17(11-28-13-21(20)26)12-29-25(32)16(2)3/h5-11,13,15-16H,4,12,14H2,1-3H3,(H,29,32). The zero-order chi connectivity index (χ0) is 23.4. The average Bonchev–Trinajstić information content (AvgIpc) is 3.36. The van der Waals surface area contributed by atoms with Crippen LogP contribution in [0.2, 0.25) is 5.02 Å². The van der Waals surface area contributed by atoms with Gasteiger partial charge in [-0.3, -0.25) is 9.78 Å². The Morgan fingerprint density at radius 3 is 2.82 bits per heavy atom. The van der Waals surface area contributed by atoms with Gasteiger partial charge in [-0.05, 0) is 24.1 Å². The first kappa shape index (κ1) is 22.7. The van der Waals surface area contributed by atoms with Gasteiger partial charge in [0, 0.05) is 53.9 Å². The number of pyridine rings is 2. The Balaban J connectivity index is 1.66. The maximum atomic E-state index is 12.0. The number of carbonyl (C=O) groups excluding carboxylic acids is 1. The largest absolute Gasteiger partial charge is 0.487 e. The number of para-hydroxylation sites is 1. The van der Waals surface area contributed by atoms with Crippen LogP contribution in [0.25, 0.3) is 16.6 Å². The Labute approximate surface area is 197 Å². The summed E-state index contributed by atoms with van der Waals surface area (Å²) in [6.45, 7) is 6.34. The van der Waals surface area contributed by atoms with Crippen molar-refractivity contribution in [1.82, 2.24) is 24.8 Å². The summed E-state index contributed by atoms with van der Waals surface area (Å²) in [7, 11) is 0. The molecule has 8 heteroatoms. The lowest BCUT2D eigenvalue weighted by molar-refractivity contribution is -0.124. The van der Waals surface area contributed by atoms with Crippen LogP contribution in [0.3, 0.4) is 0 Å². The second-order valence-corrected chi connectivity index (χ2v) is 8.44. The SMILES string of the molecule is CCc1cc(-n2ccnc2)c2cccc(OCc3c(Cl)cncc3CNC(=O)C(C)C)c2n1. The number of aryl methyl sites for hydroxylation is 1. The highest BCUT2D eigenvalue weighted by Gasteiger charge is 2.15. The van der Waals surface area contributed by atoms with E-state index in [1.165, 1.54) is 0 Å². The van der Waals surface area contributed by atoms with Crippen LogP contribution in [-0.2, 0) is 24.4 Å². The molecule has 1 N–H and O–H groups in total. The topological polar surface area (TPSA) is 81.9 Å². The summed E-state index contributed by atoms with van der Waals surface area (Å²) in [5, 5.41) is 4.38. The Bertz CT molecular complexity index is 1270. The fourth-order valence-corrected chi connectivity index (χ4v) is 3.75. The van der Waals surface area contributed by atoms with E-state index in [1.54, 1.807) is 24.9 Å². The van der Waals surface area contributed by atoms with Crippen molar-refractivity contribution >= 4 is 28.4 Å². The predicted octanol–water partition coefficient (Wildman–Crippen LogP) is 4.88. The molecule has 0 unspecified atom stereocenters. The molecular formula is C25H26ClN5O2.